The topological polar surface area (TPSA) is 66.5 Å². The Labute approximate surface area is 162 Å². The van der Waals surface area contributed by atoms with Crippen LogP contribution in [0.4, 0.5) is 14.5 Å². The van der Waals surface area contributed by atoms with Crippen LogP contribution in [0.15, 0.2) is 42.5 Å². The lowest BCUT2D eigenvalue weighted by Gasteiger charge is -2.30. The Kier molecular flexibility index (Phi) is 6.78. The molecule has 5 nitrogen and oxygen atoms in total. The monoisotopic (exact) mass is 416 g/mol. The fourth-order valence-corrected chi connectivity index (χ4v) is 3.97. The van der Waals surface area contributed by atoms with Gasteiger partial charge in [-0.15, -0.1) is 0 Å². The molecule has 0 fully saturated rings. The molecule has 0 spiro atoms. The van der Waals surface area contributed by atoms with Gasteiger partial charge < -0.3 is 5.32 Å². The SMILES string of the molecule is CCC(C(=O)NCc1ccc(F)cc1)N(c1ccc(F)c(Cl)c1)S(C)(=O)=O. The van der Waals surface area contributed by atoms with E-state index >= 15 is 0 Å². The standard InChI is InChI=1S/C18H19ClF2N2O3S/c1-3-17(18(24)22-11-12-4-6-13(20)7-5-12)23(27(2,25)26)14-8-9-16(21)15(19)10-14/h4-10,17H,3,11H2,1-2H3,(H,22,24). The molecule has 0 saturated carbocycles. The molecule has 1 N–H and O–H groups in total. The molecular weight excluding hydrogens is 398 g/mol. The fraction of sp³-hybridized carbons (Fsp3) is 0.278. The summed E-state index contributed by atoms with van der Waals surface area (Å²) >= 11 is 5.76. The second-order valence-corrected chi connectivity index (χ2v) is 8.19. The van der Waals surface area contributed by atoms with Gasteiger partial charge >= 0.3 is 0 Å². The van der Waals surface area contributed by atoms with Crippen LogP contribution in [-0.2, 0) is 21.4 Å². The van der Waals surface area contributed by atoms with Crippen molar-refractivity contribution in [3.8, 4) is 0 Å². The normalized spacial score (nSPS) is 12.5. The third kappa shape index (κ3) is 5.40. The number of benzene rings is 2. The van der Waals surface area contributed by atoms with Crippen molar-refractivity contribution in [2.75, 3.05) is 10.6 Å². The smallest absolute Gasteiger partial charge is 0.244 e. The van der Waals surface area contributed by atoms with Crippen LogP contribution in [0.2, 0.25) is 5.02 Å². The van der Waals surface area contributed by atoms with Crippen LogP contribution in [0, 0.1) is 11.6 Å². The van der Waals surface area contributed by atoms with Gasteiger partial charge in [-0.05, 0) is 42.3 Å². The van der Waals surface area contributed by atoms with E-state index in [9.17, 15) is 22.0 Å². The number of rotatable bonds is 7. The highest BCUT2D eigenvalue weighted by Crippen LogP contribution is 2.27. The first kappa shape index (κ1) is 21.1. The largest absolute Gasteiger partial charge is 0.350 e. The van der Waals surface area contributed by atoms with Crippen molar-refractivity contribution in [1.29, 1.82) is 0 Å². The number of anilines is 1. The zero-order valence-corrected chi connectivity index (χ0v) is 16.3. The predicted octanol–water partition coefficient (Wildman–Crippen LogP) is 3.48. The third-order valence-electron chi connectivity index (χ3n) is 3.87. The molecule has 0 aliphatic rings. The maximum Gasteiger partial charge on any atom is 0.244 e. The minimum Gasteiger partial charge on any atom is -0.350 e. The summed E-state index contributed by atoms with van der Waals surface area (Å²) in [5.74, 6) is -1.62. The van der Waals surface area contributed by atoms with Crippen molar-refractivity contribution in [2.45, 2.75) is 25.9 Å². The van der Waals surface area contributed by atoms with Crippen molar-refractivity contribution in [3.63, 3.8) is 0 Å². The molecule has 0 aliphatic heterocycles. The van der Waals surface area contributed by atoms with Gasteiger partial charge in [0.25, 0.3) is 0 Å². The minimum atomic E-state index is -3.85. The molecule has 0 radical (unpaired) electrons. The quantitative estimate of drug-likeness (QED) is 0.751. The van der Waals surface area contributed by atoms with Gasteiger partial charge in [0.15, 0.2) is 0 Å². The van der Waals surface area contributed by atoms with Crippen molar-refractivity contribution in [3.05, 3.63) is 64.7 Å². The van der Waals surface area contributed by atoms with E-state index in [1.807, 2.05) is 0 Å². The number of nitrogens with zero attached hydrogens (tertiary/aromatic N) is 1. The molecule has 0 saturated heterocycles. The van der Waals surface area contributed by atoms with Gasteiger partial charge in [0.1, 0.15) is 17.7 Å². The molecule has 27 heavy (non-hydrogen) atoms. The highest BCUT2D eigenvalue weighted by molar-refractivity contribution is 7.92. The lowest BCUT2D eigenvalue weighted by atomic mass is 10.1. The van der Waals surface area contributed by atoms with Gasteiger partial charge in [-0.3, -0.25) is 9.10 Å². The van der Waals surface area contributed by atoms with Crippen LogP contribution in [-0.4, -0.2) is 26.6 Å². The zero-order chi connectivity index (χ0) is 20.2. The lowest BCUT2D eigenvalue weighted by Crippen LogP contribution is -2.49. The highest BCUT2D eigenvalue weighted by Gasteiger charge is 2.31. The molecule has 0 aromatic heterocycles. The van der Waals surface area contributed by atoms with Crippen molar-refractivity contribution in [2.24, 2.45) is 0 Å². The molecule has 0 heterocycles. The molecule has 0 bridgehead atoms. The molecule has 0 aliphatic carbocycles. The summed E-state index contributed by atoms with van der Waals surface area (Å²) in [7, 11) is -3.85. The van der Waals surface area contributed by atoms with E-state index < -0.39 is 33.6 Å². The molecule has 1 unspecified atom stereocenters. The maximum absolute atomic E-state index is 13.4. The van der Waals surface area contributed by atoms with Crippen LogP contribution >= 0.6 is 11.6 Å². The van der Waals surface area contributed by atoms with Crippen LogP contribution < -0.4 is 9.62 Å². The Morgan fingerprint density at radius 3 is 2.33 bits per heavy atom. The number of halogens is 3. The Morgan fingerprint density at radius 1 is 1.19 bits per heavy atom. The summed E-state index contributed by atoms with van der Waals surface area (Å²) in [6.07, 6.45) is 1.14. The van der Waals surface area contributed by atoms with Gasteiger partial charge in [0.05, 0.1) is 17.0 Å². The van der Waals surface area contributed by atoms with E-state index in [4.69, 9.17) is 11.6 Å². The Hall–Kier alpha value is -2.19. The highest BCUT2D eigenvalue weighted by atomic mass is 35.5. The van der Waals surface area contributed by atoms with Gasteiger partial charge in [-0.2, -0.15) is 0 Å². The van der Waals surface area contributed by atoms with E-state index in [2.05, 4.69) is 5.32 Å². The van der Waals surface area contributed by atoms with E-state index in [0.717, 1.165) is 22.7 Å². The molecule has 2 rings (SSSR count). The minimum absolute atomic E-state index is 0.0904. The average Bonchev–Trinajstić information content (AvgIpc) is 2.60. The molecular formula is C18H19ClF2N2O3S. The van der Waals surface area contributed by atoms with E-state index in [-0.39, 0.29) is 23.7 Å². The number of carbonyl (C=O) groups is 1. The van der Waals surface area contributed by atoms with Crippen LogP contribution in [0.1, 0.15) is 18.9 Å². The molecule has 9 heteroatoms. The fourth-order valence-electron chi connectivity index (χ4n) is 2.59. The van der Waals surface area contributed by atoms with E-state index in [1.165, 1.54) is 30.3 Å². The summed E-state index contributed by atoms with van der Waals surface area (Å²) < 4.78 is 51.9. The van der Waals surface area contributed by atoms with Crippen molar-refractivity contribution < 1.29 is 22.0 Å². The Morgan fingerprint density at radius 2 is 1.81 bits per heavy atom. The third-order valence-corrected chi connectivity index (χ3v) is 5.34. The predicted molar refractivity (Wildman–Crippen MR) is 101 cm³/mol. The summed E-state index contributed by atoms with van der Waals surface area (Å²) in [5.41, 5.74) is 0.753. The molecule has 1 atom stereocenters. The van der Waals surface area contributed by atoms with Gasteiger partial charge in [-0.1, -0.05) is 30.7 Å². The zero-order valence-electron chi connectivity index (χ0n) is 14.7. The van der Waals surface area contributed by atoms with E-state index in [1.54, 1.807) is 6.92 Å². The average molecular weight is 417 g/mol. The van der Waals surface area contributed by atoms with Crippen LogP contribution in [0.25, 0.3) is 0 Å². The first-order chi connectivity index (χ1) is 12.6. The summed E-state index contributed by atoms with van der Waals surface area (Å²) in [6, 6.07) is 7.96. The molecule has 2 aromatic carbocycles. The first-order valence-electron chi connectivity index (χ1n) is 8.10. The van der Waals surface area contributed by atoms with Gasteiger partial charge in [-0.25, -0.2) is 17.2 Å². The van der Waals surface area contributed by atoms with Crippen molar-refractivity contribution >= 4 is 33.2 Å². The number of amides is 1. The van der Waals surface area contributed by atoms with Crippen LogP contribution in [0.5, 0.6) is 0 Å². The Balaban J connectivity index is 2.27. The number of hydrogen-bond donors (Lipinski definition) is 1. The molecule has 146 valence electrons. The number of nitrogens with one attached hydrogen (secondary N) is 1. The number of carbonyl (C=O) groups excluding carboxylic acids is 1. The van der Waals surface area contributed by atoms with Gasteiger partial charge in [0.2, 0.25) is 15.9 Å². The lowest BCUT2D eigenvalue weighted by molar-refractivity contribution is -0.122. The first-order valence-corrected chi connectivity index (χ1v) is 10.3. The second kappa shape index (κ2) is 8.67. The number of sulfonamides is 1. The summed E-state index contributed by atoms with van der Waals surface area (Å²) in [6.45, 7) is 1.77. The molecule has 2 aromatic rings. The maximum atomic E-state index is 13.4. The Bertz CT molecular complexity index is 921. The van der Waals surface area contributed by atoms with E-state index in [0.29, 0.717) is 5.56 Å². The van der Waals surface area contributed by atoms with Gasteiger partial charge in [0, 0.05) is 6.54 Å². The second-order valence-electron chi connectivity index (χ2n) is 5.93. The van der Waals surface area contributed by atoms with Crippen LogP contribution in [0.3, 0.4) is 0 Å². The summed E-state index contributed by atoms with van der Waals surface area (Å²) in [4.78, 5) is 12.6. The summed E-state index contributed by atoms with van der Waals surface area (Å²) in [5, 5.41) is 2.40. The number of hydrogen-bond acceptors (Lipinski definition) is 3. The molecule has 1 amide bonds. The van der Waals surface area contributed by atoms with Crippen molar-refractivity contribution in [1.82, 2.24) is 5.32 Å².